The minimum absolute atomic E-state index is 0.290. The normalized spacial score (nSPS) is 15.9. The quantitative estimate of drug-likeness (QED) is 0.603. The van der Waals surface area contributed by atoms with Crippen molar-refractivity contribution in [3.05, 3.63) is 60.2 Å². The molecule has 0 unspecified atom stereocenters. The van der Waals surface area contributed by atoms with Crippen LogP contribution < -0.4 is 9.64 Å². The van der Waals surface area contributed by atoms with Crippen molar-refractivity contribution in [2.45, 2.75) is 31.9 Å². The molecule has 2 aromatic rings. The van der Waals surface area contributed by atoms with Gasteiger partial charge in [-0.15, -0.1) is 0 Å². The lowest BCUT2D eigenvalue weighted by molar-refractivity contribution is -0.137. The summed E-state index contributed by atoms with van der Waals surface area (Å²) in [5.74, 6) is 0.957. The van der Waals surface area contributed by atoms with Crippen molar-refractivity contribution >= 4 is 5.69 Å². The average Bonchev–Trinajstić information content (AvgIpc) is 2.66. The monoisotopic (exact) mass is 363 g/mol. The Morgan fingerprint density at radius 3 is 2.38 bits per heavy atom. The van der Waals surface area contributed by atoms with Gasteiger partial charge in [0.05, 0.1) is 12.2 Å². The Labute approximate surface area is 152 Å². The van der Waals surface area contributed by atoms with Crippen LogP contribution >= 0.6 is 0 Å². The van der Waals surface area contributed by atoms with Gasteiger partial charge in [-0.25, -0.2) is 0 Å². The fraction of sp³-hybridized carbons (Fsp3) is 0.429. The third-order valence-corrected chi connectivity index (χ3v) is 4.92. The molecule has 0 amide bonds. The smallest absolute Gasteiger partial charge is 0.416 e. The van der Waals surface area contributed by atoms with E-state index in [0.29, 0.717) is 18.3 Å². The Balaban J connectivity index is 1.37. The van der Waals surface area contributed by atoms with E-state index in [1.807, 2.05) is 6.07 Å². The highest BCUT2D eigenvalue weighted by molar-refractivity contribution is 5.46. The first-order valence-corrected chi connectivity index (χ1v) is 9.12. The highest BCUT2D eigenvalue weighted by Gasteiger charge is 2.30. The van der Waals surface area contributed by atoms with E-state index >= 15 is 0 Å². The first kappa shape index (κ1) is 18.6. The number of anilines is 1. The number of benzene rings is 2. The molecule has 3 rings (SSSR count). The molecule has 0 aliphatic carbocycles. The van der Waals surface area contributed by atoms with Gasteiger partial charge < -0.3 is 9.64 Å². The third kappa shape index (κ3) is 5.16. The fourth-order valence-electron chi connectivity index (χ4n) is 3.44. The van der Waals surface area contributed by atoms with Gasteiger partial charge in [-0.05, 0) is 61.9 Å². The van der Waals surface area contributed by atoms with E-state index in [0.717, 1.165) is 50.9 Å². The zero-order chi connectivity index (χ0) is 18.4. The van der Waals surface area contributed by atoms with Crippen molar-refractivity contribution < 1.29 is 17.9 Å². The van der Waals surface area contributed by atoms with Gasteiger partial charge in [0.1, 0.15) is 5.75 Å². The Morgan fingerprint density at radius 2 is 1.69 bits per heavy atom. The van der Waals surface area contributed by atoms with Crippen LogP contribution in [0, 0.1) is 5.92 Å². The molecule has 2 aromatic carbocycles. The van der Waals surface area contributed by atoms with Gasteiger partial charge in [-0.3, -0.25) is 0 Å². The van der Waals surface area contributed by atoms with E-state index in [9.17, 15) is 13.2 Å². The molecule has 0 spiro atoms. The van der Waals surface area contributed by atoms with E-state index < -0.39 is 11.7 Å². The number of hydrogen-bond acceptors (Lipinski definition) is 2. The Kier molecular flexibility index (Phi) is 6.07. The number of nitrogens with zero attached hydrogens (tertiary/aromatic N) is 1. The molecule has 1 aliphatic rings. The summed E-state index contributed by atoms with van der Waals surface area (Å²) in [6.07, 6.45) is -0.100. The number of piperidine rings is 1. The molecule has 0 radical (unpaired) electrons. The minimum atomic E-state index is -4.33. The number of rotatable bonds is 6. The molecular formula is C21H24F3NO. The predicted octanol–water partition coefficient (Wildman–Crippen LogP) is 5.78. The third-order valence-electron chi connectivity index (χ3n) is 4.92. The molecule has 0 atom stereocenters. The summed E-state index contributed by atoms with van der Waals surface area (Å²) in [6, 6.07) is 15.5. The molecule has 1 aliphatic heterocycles. The first-order valence-electron chi connectivity index (χ1n) is 9.12. The van der Waals surface area contributed by atoms with Crippen LogP contribution in [0.4, 0.5) is 18.9 Å². The molecule has 26 heavy (non-hydrogen) atoms. The van der Waals surface area contributed by atoms with Gasteiger partial charge in [0.25, 0.3) is 0 Å². The maximum absolute atomic E-state index is 12.7. The lowest BCUT2D eigenvalue weighted by Crippen LogP contribution is -2.33. The van der Waals surface area contributed by atoms with E-state index in [1.54, 1.807) is 6.07 Å². The summed E-state index contributed by atoms with van der Waals surface area (Å²) in [5, 5.41) is 0. The number of halogens is 3. The Bertz CT molecular complexity index is 679. The van der Waals surface area contributed by atoms with Crippen LogP contribution in [0.2, 0.25) is 0 Å². The molecule has 0 N–H and O–H groups in total. The summed E-state index contributed by atoms with van der Waals surface area (Å²) < 4.78 is 43.6. The number of ether oxygens (including phenoxy) is 1. The van der Waals surface area contributed by atoms with Crippen molar-refractivity contribution in [1.82, 2.24) is 0 Å². The number of alkyl halides is 3. The first-order chi connectivity index (χ1) is 12.5. The summed E-state index contributed by atoms with van der Waals surface area (Å²) in [7, 11) is 0. The highest BCUT2D eigenvalue weighted by Crippen LogP contribution is 2.31. The van der Waals surface area contributed by atoms with Gasteiger partial charge in [-0.2, -0.15) is 13.2 Å². The van der Waals surface area contributed by atoms with Gasteiger partial charge in [0.15, 0.2) is 0 Å². The van der Waals surface area contributed by atoms with Crippen molar-refractivity contribution in [2.24, 2.45) is 5.92 Å². The maximum Gasteiger partial charge on any atom is 0.416 e. The van der Waals surface area contributed by atoms with Crippen LogP contribution in [0.3, 0.4) is 0 Å². The van der Waals surface area contributed by atoms with Crippen molar-refractivity contribution in [1.29, 1.82) is 0 Å². The highest BCUT2D eigenvalue weighted by atomic mass is 19.4. The van der Waals surface area contributed by atoms with Gasteiger partial charge >= 0.3 is 6.18 Å². The zero-order valence-corrected chi connectivity index (χ0v) is 14.7. The van der Waals surface area contributed by atoms with E-state index in [2.05, 4.69) is 29.2 Å². The lowest BCUT2D eigenvalue weighted by Gasteiger charge is -2.33. The second-order valence-corrected chi connectivity index (χ2v) is 6.78. The molecule has 1 fully saturated rings. The van der Waals surface area contributed by atoms with Crippen LogP contribution in [-0.4, -0.2) is 19.7 Å². The topological polar surface area (TPSA) is 12.5 Å². The summed E-state index contributed by atoms with van der Waals surface area (Å²) in [4.78, 5) is 2.41. The molecule has 1 heterocycles. The fourth-order valence-corrected chi connectivity index (χ4v) is 3.44. The summed E-state index contributed by atoms with van der Waals surface area (Å²) in [5.41, 5.74) is 0.613. The zero-order valence-electron chi connectivity index (χ0n) is 14.7. The molecule has 2 nitrogen and oxygen atoms in total. The van der Waals surface area contributed by atoms with Crippen molar-refractivity contribution in [3.8, 4) is 5.75 Å². The van der Waals surface area contributed by atoms with Crippen LogP contribution in [-0.2, 0) is 6.18 Å². The lowest BCUT2D eigenvalue weighted by atomic mass is 9.92. The predicted molar refractivity (Wildman–Crippen MR) is 97.6 cm³/mol. The number of hydrogen-bond donors (Lipinski definition) is 0. The van der Waals surface area contributed by atoms with E-state index in [4.69, 9.17) is 4.74 Å². The maximum atomic E-state index is 12.7. The SMILES string of the molecule is FC(F)(F)c1cccc(OCCCC2CCN(c3ccccc3)CC2)c1. The van der Waals surface area contributed by atoms with Gasteiger partial charge in [0, 0.05) is 18.8 Å². The second kappa shape index (κ2) is 8.47. The van der Waals surface area contributed by atoms with Crippen LogP contribution in [0.5, 0.6) is 5.75 Å². The molecule has 0 bridgehead atoms. The molecule has 5 heteroatoms. The average molecular weight is 363 g/mol. The summed E-state index contributed by atoms with van der Waals surface area (Å²) in [6.45, 7) is 2.58. The molecule has 140 valence electrons. The van der Waals surface area contributed by atoms with E-state index in [1.165, 1.54) is 11.8 Å². The molecule has 0 aromatic heterocycles. The molecular weight excluding hydrogens is 339 g/mol. The number of para-hydroxylation sites is 1. The van der Waals surface area contributed by atoms with Crippen LogP contribution in [0.15, 0.2) is 54.6 Å². The standard InChI is InChI=1S/C21H24F3NO/c22-21(23,24)18-7-4-10-20(16-18)26-15-5-6-17-11-13-25(14-12-17)19-8-2-1-3-9-19/h1-4,7-10,16-17H,5-6,11-15H2. The van der Waals surface area contributed by atoms with Crippen LogP contribution in [0.25, 0.3) is 0 Å². The Hall–Kier alpha value is -2.17. The Morgan fingerprint density at radius 1 is 0.962 bits per heavy atom. The molecule has 0 saturated carbocycles. The van der Waals surface area contributed by atoms with Gasteiger partial charge in [-0.1, -0.05) is 24.3 Å². The minimum Gasteiger partial charge on any atom is -0.494 e. The van der Waals surface area contributed by atoms with Crippen molar-refractivity contribution in [3.63, 3.8) is 0 Å². The van der Waals surface area contributed by atoms with Crippen LogP contribution in [0.1, 0.15) is 31.2 Å². The second-order valence-electron chi connectivity index (χ2n) is 6.78. The van der Waals surface area contributed by atoms with E-state index in [-0.39, 0.29) is 0 Å². The van der Waals surface area contributed by atoms with Gasteiger partial charge in [0.2, 0.25) is 0 Å². The molecule has 1 saturated heterocycles. The summed E-state index contributed by atoms with van der Waals surface area (Å²) >= 11 is 0. The largest absolute Gasteiger partial charge is 0.494 e. The van der Waals surface area contributed by atoms with Crippen molar-refractivity contribution in [2.75, 3.05) is 24.6 Å².